The number of sulfonamides is 1. The fourth-order valence-electron chi connectivity index (χ4n) is 3.06. The van der Waals surface area contributed by atoms with E-state index in [9.17, 15) is 18.0 Å². The van der Waals surface area contributed by atoms with E-state index in [0.29, 0.717) is 28.7 Å². The molecule has 1 amide bonds. The zero-order valence-corrected chi connectivity index (χ0v) is 21.1. The van der Waals surface area contributed by atoms with Crippen LogP contribution in [0.1, 0.15) is 19.4 Å². The molecule has 3 rings (SSSR count). The van der Waals surface area contributed by atoms with Crippen LogP contribution in [0.2, 0.25) is 5.02 Å². The van der Waals surface area contributed by atoms with Crippen LogP contribution in [-0.2, 0) is 19.6 Å². The van der Waals surface area contributed by atoms with Gasteiger partial charge in [0, 0.05) is 11.9 Å². The average Bonchev–Trinajstić information content (AvgIpc) is 2.84. The second-order valence-corrected chi connectivity index (χ2v) is 9.65. The first-order chi connectivity index (χ1) is 17.2. The maximum atomic E-state index is 13.4. The summed E-state index contributed by atoms with van der Waals surface area (Å²) in [6, 6.07) is 18.5. The van der Waals surface area contributed by atoms with Crippen molar-refractivity contribution in [3.8, 4) is 11.5 Å². The van der Waals surface area contributed by atoms with Crippen molar-refractivity contribution in [2.75, 3.05) is 17.5 Å². The lowest BCUT2D eigenvalue weighted by atomic mass is 10.2. The number of carbonyl (C=O) groups excluding carboxylic acids is 2. The maximum absolute atomic E-state index is 13.4. The number of rotatable bonds is 10. The van der Waals surface area contributed by atoms with Crippen LogP contribution in [-0.4, -0.2) is 39.7 Å². The highest BCUT2D eigenvalue weighted by Gasteiger charge is 2.27. The normalized spacial score (nSPS) is 11.2. The van der Waals surface area contributed by atoms with Crippen molar-refractivity contribution < 1.29 is 27.5 Å². The van der Waals surface area contributed by atoms with Gasteiger partial charge in [-0.05, 0) is 85.3 Å². The van der Waals surface area contributed by atoms with Crippen LogP contribution >= 0.6 is 11.6 Å². The topological polar surface area (TPSA) is 114 Å². The first-order valence-corrected chi connectivity index (χ1v) is 12.6. The largest absolute Gasteiger partial charge is 0.494 e. The van der Waals surface area contributed by atoms with E-state index in [4.69, 9.17) is 21.1 Å². The summed E-state index contributed by atoms with van der Waals surface area (Å²) in [5, 5.41) is 4.28. The fourth-order valence-corrected chi connectivity index (χ4v) is 4.60. The van der Waals surface area contributed by atoms with Gasteiger partial charge in [-0.2, -0.15) is 5.10 Å². The van der Waals surface area contributed by atoms with Gasteiger partial charge in [0.05, 0.1) is 23.4 Å². The molecule has 9 nitrogen and oxygen atoms in total. The first kappa shape index (κ1) is 26.7. The van der Waals surface area contributed by atoms with Crippen LogP contribution in [0.4, 0.5) is 5.69 Å². The summed E-state index contributed by atoms with van der Waals surface area (Å²) in [7, 11) is -4.10. The molecule has 0 atom stereocenters. The molecule has 0 fully saturated rings. The summed E-state index contributed by atoms with van der Waals surface area (Å²) in [5.74, 6) is -0.149. The van der Waals surface area contributed by atoms with Gasteiger partial charge >= 0.3 is 5.97 Å². The number of hydrogen-bond acceptors (Lipinski definition) is 7. The minimum Gasteiger partial charge on any atom is -0.494 e. The average molecular weight is 530 g/mol. The van der Waals surface area contributed by atoms with Crippen LogP contribution in [0.25, 0.3) is 0 Å². The number of carbonyl (C=O) groups is 2. The van der Waals surface area contributed by atoms with E-state index in [2.05, 4.69) is 10.5 Å². The maximum Gasteiger partial charge on any atom is 0.308 e. The molecule has 0 unspecified atom stereocenters. The molecule has 0 radical (unpaired) electrons. The molecule has 188 valence electrons. The number of amides is 1. The van der Waals surface area contributed by atoms with E-state index in [1.54, 1.807) is 48.5 Å². The second kappa shape index (κ2) is 12.2. The Labute approximate surface area is 214 Å². The van der Waals surface area contributed by atoms with Crippen molar-refractivity contribution in [3.63, 3.8) is 0 Å². The molecule has 0 aliphatic rings. The van der Waals surface area contributed by atoms with Crippen molar-refractivity contribution in [1.29, 1.82) is 0 Å². The minimum atomic E-state index is -4.10. The van der Waals surface area contributed by atoms with Crippen LogP contribution < -0.4 is 19.2 Å². The fraction of sp³-hybridized carbons (Fsp3) is 0.160. The Hall–Kier alpha value is -3.89. The summed E-state index contributed by atoms with van der Waals surface area (Å²) < 4.78 is 38.1. The van der Waals surface area contributed by atoms with E-state index in [-0.39, 0.29) is 10.6 Å². The van der Waals surface area contributed by atoms with E-state index < -0.39 is 28.4 Å². The van der Waals surface area contributed by atoms with E-state index >= 15 is 0 Å². The van der Waals surface area contributed by atoms with Crippen LogP contribution in [0, 0.1) is 0 Å². The number of hydrogen-bond donors (Lipinski definition) is 1. The lowest BCUT2D eigenvalue weighted by molar-refractivity contribution is -0.131. The third-order valence-corrected chi connectivity index (χ3v) is 6.71. The Bertz CT molecular complexity index is 1330. The van der Waals surface area contributed by atoms with Gasteiger partial charge < -0.3 is 9.47 Å². The SMILES string of the molecule is CCOc1ccc(N(CC(=O)N/N=C\c2ccc(OC(C)=O)cc2)S(=O)(=O)c2ccc(Cl)cc2)cc1. The van der Waals surface area contributed by atoms with Gasteiger partial charge in [0.2, 0.25) is 0 Å². The number of anilines is 1. The molecule has 1 N–H and O–H groups in total. The lowest BCUT2D eigenvalue weighted by Gasteiger charge is -2.24. The summed E-state index contributed by atoms with van der Waals surface area (Å²) >= 11 is 5.90. The highest BCUT2D eigenvalue weighted by molar-refractivity contribution is 7.92. The quantitative estimate of drug-likeness (QED) is 0.184. The molecule has 0 aliphatic carbocycles. The molecule has 0 spiro atoms. The summed E-state index contributed by atoms with van der Waals surface area (Å²) in [6.45, 7) is 3.07. The summed E-state index contributed by atoms with van der Waals surface area (Å²) in [4.78, 5) is 23.6. The van der Waals surface area contributed by atoms with Crippen molar-refractivity contribution in [3.05, 3.63) is 83.4 Å². The molecule has 3 aromatic carbocycles. The predicted octanol–water partition coefficient (Wildman–Crippen LogP) is 4.01. The molecule has 11 heteroatoms. The predicted molar refractivity (Wildman–Crippen MR) is 137 cm³/mol. The molecule has 3 aromatic rings. The third-order valence-electron chi connectivity index (χ3n) is 4.67. The third kappa shape index (κ3) is 7.30. The molecule has 0 aromatic heterocycles. The van der Waals surface area contributed by atoms with E-state index in [0.717, 1.165) is 4.31 Å². The highest BCUT2D eigenvalue weighted by Crippen LogP contribution is 2.26. The number of esters is 1. The van der Waals surface area contributed by atoms with Crippen molar-refractivity contribution in [2.24, 2.45) is 5.10 Å². The smallest absolute Gasteiger partial charge is 0.308 e. The lowest BCUT2D eigenvalue weighted by Crippen LogP contribution is -2.39. The van der Waals surface area contributed by atoms with Gasteiger partial charge in [0.15, 0.2) is 0 Å². The number of nitrogens with one attached hydrogen (secondary N) is 1. The standard InChI is InChI=1S/C25H24ClN3O6S/c1-3-34-22-12-8-21(9-13-22)29(36(32,33)24-14-6-20(26)7-15-24)17-25(31)28-27-16-19-4-10-23(11-5-19)35-18(2)30/h4-16H,3,17H2,1-2H3,(H,28,31)/b27-16-. The molecular formula is C25H24ClN3O6S. The summed E-state index contributed by atoms with van der Waals surface area (Å²) in [5.41, 5.74) is 3.24. The molecule has 0 aliphatic heterocycles. The van der Waals surface area contributed by atoms with Gasteiger partial charge in [0.25, 0.3) is 15.9 Å². The Balaban J connectivity index is 1.78. The van der Waals surface area contributed by atoms with Gasteiger partial charge in [-0.25, -0.2) is 13.8 Å². The zero-order chi connectivity index (χ0) is 26.1. The van der Waals surface area contributed by atoms with Gasteiger partial charge in [-0.3, -0.25) is 13.9 Å². The Morgan fingerprint density at radius 2 is 1.58 bits per heavy atom. The minimum absolute atomic E-state index is 0.0232. The van der Waals surface area contributed by atoms with Crippen molar-refractivity contribution in [2.45, 2.75) is 18.7 Å². The number of nitrogens with zero attached hydrogens (tertiary/aromatic N) is 2. The summed E-state index contributed by atoms with van der Waals surface area (Å²) in [6.07, 6.45) is 1.38. The number of hydrazone groups is 1. The molecule has 0 heterocycles. The molecule has 36 heavy (non-hydrogen) atoms. The Morgan fingerprint density at radius 3 is 2.17 bits per heavy atom. The molecule has 0 bridgehead atoms. The van der Waals surface area contributed by atoms with Gasteiger partial charge in [0.1, 0.15) is 18.0 Å². The van der Waals surface area contributed by atoms with Crippen LogP contribution in [0.15, 0.2) is 82.8 Å². The second-order valence-electron chi connectivity index (χ2n) is 7.35. The van der Waals surface area contributed by atoms with Crippen LogP contribution in [0.5, 0.6) is 11.5 Å². The zero-order valence-electron chi connectivity index (χ0n) is 19.5. The monoisotopic (exact) mass is 529 g/mol. The van der Waals surface area contributed by atoms with Gasteiger partial charge in [-0.15, -0.1) is 0 Å². The first-order valence-electron chi connectivity index (χ1n) is 10.8. The molecular weight excluding hydrogens is 506 g/mol. The van der Waals surface area contributed by atoms with Crippen molar-refractivity contribution >= 4 is 45.4 Å². The molecule has 0 saturated heterocycles. The molecule has 0 saturated carbocycles. The van der Waals surface area contributed by atoms with E-state index in [1.807, 2.05) is 6.92 Å². The van der Waals surface area contributed by atoms with Gasteiger partial charge in [-0.1, -0.05) is 11.6 Å². The van der Waals surface area contributed by atoms with Crippen LogP contribution in [0.3, 0.4) is 0 Å². The Morgan fingerprint density at radius 1 is 0.972 bits per heavy atom. The number of benzene rings is 3. The highest BCUT2D eigenvalue weighted by atomic mass is 35.5. The number of halogens is 1. The van der Waals surface area contributed by atoms with E-state index in [1.165, 1.54) is 37.4 Å². The Kier molecular flexibility index (Phi) is 9.04. The number of ether oxygens (including phenoxy) is 2. The van der Waals surface area contributed by atoms with Crippen molar-refractivity contribution in [1.82, 2.24) is 5.43 Å².